The van der Waals surface area contributed by atoms with Gasteiger partial charge in [-0.25, -0.2) is 0 Å². The summed E-state index contributed by atoms with van der Waals surface area (Å²) < 4.78 is 0. The molecule has 0 aromatic rings. The Morgan fingerprint density at radius 1 is 0.184 bits per heavy atom. The molecule has 0 rings (SSSR count). The summed E-state index contributed by atoms with van der Waals surface area (Å²) in [6, 6.07) is 0. The van der Waals surface area contributed by atoms with Crippen LogP contribution in [0.2, 0.25) is 0 Å². The Morgan fingerprint density at radius 2 is 0.237 bits per heavy atom. The molecule has 0 aromatic heterocycles. The van der Waals surface area contributed by atoms with Gasteiger partial charge in [-0.2, -0.15) is 0 Å². The summed E-state index contributed by atoms with van der Waals surface area (Å²) in [7, 11) is 0. The average Bonchev–Trinajstić information content (AvgIpc) is 3.07. The van der Waals surface area contributed by atoms with Crippen molar-refractivity contribution in [1.29, 1.82) is 0 Å². The number of unbranched alkanes of at least 4 members (excludes halogenated alkanes) is 6. The quantitative estimate of drug-likeness (QED) is 0.281. The smallest absolute Gasteiger partial charge is 0.0536 e. The minimum atomic E-state index is 0. The molecule has 0 nitrogen and oxygen atoms in total. The number of hydrogen-bond acceptors (Lipinski definition) is 0. The third kappa shape index (κ3) is 1220. The minimum absolute atomic E-state index is 0. The topological polar surface area (TPSA) is 0 Å². The zero-order valence-corrected chi connectivity index (χ0v) is 33.7. The molecule has 0 unspecified atom stereocenters. The van der Waals surface area contributed by atoms with Crippen molar-refractivity contribution in [1.82, 2.24) is 0 Å². The second kappa shape index (κ2) is 749. The third-order valence-corrected chi connectivity index (χ3v) is 1.91. The molecule has 0 saturated heterocycles. The highest BCUT2D eigenvalue weighted by molar-refractivity contribution is 4.31. The first-order valence-electron chi connectivity index (χ1n) is 17.8. The maximum absolute atomic E-state index is 2.23. The van der Waals surface area contributed by atoms with E-state index in [0.29, 0.717) is 0 Å². The molecular formula is C38H108. The Kier molecular flexibility index (Phi) is 2120. The standard InChI is InChI=1S/2C6H14.12C2H6.2CH4/c2*1-3-5-6-4-2;12*1-2;;/h2*3-6H2,1-2H3;12*1-2H3;2*1H4. The Labute approximate surface area is 259 Å². The van der Waals surface area contributed by atoms with E-state index in [4.69, 9.17) is 0 Å². The third-order valence-electron chi connectivity index (χ3n) is 1.91. The molecule has 0 amide bonds. The highest BCUT2D eigenvalue weighted by Crippen LogP contribution is 1.95. The summed E-state index contributed by atoms with van der Waals surface area (Å²) >= 11 is 0. The molecule has 0 radical (unpaired) electrons. The van der Waals surface area contributed by atoms with Gasteiger partial charge in [-0.15, -0.1) is 0 Å². The zero-order chi connectivity index (χ0) is 33.7. The molecule has 260 valence electrons. The summed E-state index contributed by atoms with van der Waals surface area (Å²) in [4.78, 5) is 0. The van der Waals surface area contributed by atoms with Gasteiger partial charge in [-0.1, -0.05) is 260 Å². The fourth-order valence-electron chi connectivity index (χ4n) is 1.000. The molecule has 0 bridgehead atoms. The van der Waals surface area contributed by atoms with Crippen molar-refractivity contribution in [2.24, 2.45) is 0 Å². The van der Waals surface area contributed by atoms with Crippen LogP contribution >= 0.6 is 0 Å². The largest absolute Gasteiger partial charge is 0.0776 e. The van der Waals surface area contributed by atoms with Gasteiger partial charge in [0.2, 0.25) is 0 Å². The van der Waals surface area contributed by atoms with E-state index in [9.17, 15) is 0 Å². The first-order chi connectivity index (χ1) is 17.8. The number of rotatable bonds is 6. The van der Waals surface area contributed by atoms with Gasteiger partial charge >= 0.3 is 0 Å². The number of hydrogen-bond donors (Lipinski definition) is 0. The van der Waals surface area contributed by atoms with Crippen molar-refractivity contribution < 1.29 is 0 Å². The molecule has 0 saturated carbocycles. The lowest BCUT2D eigenvalue weighted by molar-refractivity contribution is 0.702. The summed E-state index contributed by atoms with van der Waals surface area (Å²) in [6.45, 7) is 56.9. The Bertz CT molecular complexity index is 32.0. The van der Waals surface area contributed by atoms with Crippen molar-refractivity contribution in [3.05, 3.63) is 0 Å². The second-order valence-electron chi connectivity index (χ2n) is 3.41. The van der Waals surface area contributed by atoms with Crippen LogP contribution in [0.3, 0.4) is 0 Å². The maximum Gasteiger partial charge on any atom is -0.0536 e. The van der Waals surface area contributed by atoms with Gasteiger partial charge in [0.15, 0.2) is 0 Å². The van der Waals surface area contributed by atoms with Crippen LogP contribution in [0.4, 0.5) is 0 Å². The van der Waals surface area contributed by atoms with Crippen molar-refractivity contribution in [2.45, 2.75) is 260 Å². The summed E-state index contributed by atoms with van der Waals surface area (Å²) in [6.07, 6.45) is 11.1. The van der Waals surface area contributed by atoms with Gasteiger partial charge in [0.25, 0.3) is 0 Å². The van der Waals surface area contributed by atoms with E-state index in [1.54, 1.807) is 0 Å². The predicted molar refractivity (Wildman–Crippen MR) is 209 cm³/mol. The van der Waals surface area contributed by atoms with E-state index in [0.717, 1.165) is 0 Å². The maximum atomic E-state index is 2.23. The van der Waals surface area contributed by atoms with Crippen LogP contribution in [0.1, 0.15) is 260 Å². The van der Waals surface area contributed by atoms with Gasteiger partial charge in [0.05, 0.1) is 0 Å². The van der Waals surface area contributed by atoms with E-state index in [2.05, 4.69) is 27.7 Å². The predicted octanol–water partition coefficient (Wildman–Crippen LogP) is 18.8. The molecule has 0 aliphatic rings. The second-order valence-corrected chi connectivity index (χ2v) is 3.41. The van der Waals surface area contributed by atoms with E-state index >= 15 is 0 Å². The van der Waals surface area contributed by atoms with Gasteiger partial charge in [-0.3, -0.25) is 0 Å². The highest BCUT2D eigenvalue weighted by Gasteiger charge is 1.75. The fraction of sp³-hybridized carbons (Fsp3) is 1.00. The first-order valence-corrected chi connectivity index (χ1v) is 17.8. The summed E-state index contributed by atoms with van der Waals surface area (Å²) in [5.41, 5.74) is 0. The molecule has 0 heterocycles. The molecule has 0 N–H and O–H groups in total. The molecule has 0 aromatic carbocycles. The molecule has 0 fully saturated rings. The van der Waals surface area contributed by atoms with Crippen molar-refractivity contribution in [3.8, 4) is 0 Å². The average molecular weight is 565 g/mol. The molecule has 0 aliphatic carbocycles. The highest BCUT2D eigenvalue weighted by atomic mass is 13.8. The van der Waals surface area contributed by atoms with Gasteiger partial charge in [0.1, 0.15) is 0 Å². The molecule has 0 atom stereocenters. The Balaban J connectivity index is -0.0000000101. The lowest BCUT2D eigenvalue weighted by Gasteiger charge is -1.86. The van der Waals surface area contributed by atoms with Crippen LogP contribution in [-0.4, -0.2) is 0 Å². The van der Waals surface area contributed by atoms with Crippen molar-refractivity contribution >= 4 is 0 Å². The molecule has 0 heteroatoms. The lowest BCUT2D eigenvalue weighted by atomic mass is 10.2. The van der Waals surface area contributed by atoms with Crippen LogP contribution in [0.15, 0.2) is 0 Å². The Morgan fingerprint density at radius 3 is 0.263 bits per heavy atom. The zero-order valence-electron chi connectivity index (χ0n) is 33.7. The molecule has 38 heavy (non-hydrogen) atoms. The van der Waals surface area contributed by atoms with Crippen LogP contribution in [0.5, 0.6) is 0 Å². The SMILES string of the molecule is C.C.CC.CC.CC.CC.CC.CC.CC.CC.CC.CC.CC.CC.CCCCCC.CCCCCC. The van der Waals surface area contributed by atoms with E-state index in [1.807, 2.05) is 166 Å². The van der Waals surface area contributed by atoms with Crippen LogP contribution in [-0.2, 0) is 0 Å². The normalized spacial score (nSPS) is 4.74. The van der Waals surface area contributed by atoms with Crippen molar-refractivity contribution in [3.63, 3.8) is 0 Å². The van der Waals surface area contributed by atoms with E-state index in [1.165, 1.54) is 51.4 Å². The molecule has 0 spiro atoms. The van der Waals surface area contributed by atoms with E-state index < -0.39 is 0 Å². The van der Waals surface area contributed by atoms with E-state index in [-0.39, 0.29) is 14.9 Å². The van der Waals surface area contributed by atoms with Crippen LogP contribution < -0.4 is 0 Å². The van der Waals surface area contributed by atoms with Gasteiger partial charge < -0.3 is 0 Å². The minimum Gasteiger partial charge on any atom is -0.0776 e. The van der Waals surface area contributed by atoms with Crippen molar-refractivity contribution in [2.75, 3.05) is 0 Å². The van der Waals surface area contributed by atoms with Gasteiger partial charge in [0, 0.05) is 0 Å². The van der Waals surface area contributed by atoms with Gasteiger partial charge in [-0.05, 0) is 0 Å². The monoisotopic (exact) mass is 565 g/mol. The Hall–Kier alpha value is 0. The summed E-state index contributed by atoms with van der Waals surface area (Å²) in [5, 5.41) is 0. The molecular weight excluding hydrogens is 456 g/mol. The summed E-state index contributed by atoms with van der Waals surface area (Å²) in [5.74, 6) is 0. The van der Waals surface area contributed by atoms with Crippen LogP contribution in [0, 0.1) is 0 Å². The molecule has 0 aliphatic heterocycles. The van der Waals surface area contributed by atoms with Crippen LogP contribution in [0.25, 0.3) is 0 Å². The first kappa shape index (κ1) is 107. The lowest BCUT2D eigenvalue weighted by Crippen LogP contribution is -1.66. The fourth-order valence-corrected chi connectivity index (χ4v) is 1.000.